The van der Waals surface area contributed by atoms with E-state index in [-0.39, 0.29) is 11.5 Å². The zero-order valence-corrected chi connectivity index (χ0v) is 10.3. The minimum Gasteiger partial charge on any atom is -0.310 e. The minimum atomic E-state index is -0.162. The van der Waals surface area contributed by atoms with E-state index in [1.807, 2.05) is 18.2 Å². The van der Waals surface area contributed by atoms with Crippen molar-refractivity contribution in [2.75, 3.05) is 0 Å². The smallest absolute Gasteiger partial charge is 0.225 e. The molecule has 0 radical (unpaired) electrons. The van der Waals surface area contributed by atoms with E-state index in [0.29, 0.717) is 23.5 Å². The van der Waals surface area contributed by atoms with Crippen molar-refractivity contribution in [2.45, 2.75) is 13.3 Å². The Labute approximate surface area is 110 Å². The molecule has 0 saturated heterocycles. The van der Waals surface area contributed by atoms with Crippen LogP contribution in [0.2, 0.25) is 0 Å². The summed E-state index contributed by atoms with van der Waals surface area (Å²) in [6.07, 6.45) is 0.337. The van der Waals surface area contributed by atoms with Crippen LogP contribution in [-0.4, -0.2) is 11.7 Å². The van der Waals surface area contributed by atoms with Gasteiger partial charge >= 0.3 is 0 Å². The molecule has 1 aliphatic rings. The van der Waals surface area contributed by atoms with Crippen LogP contribution < -0.4 is 5.32 Å². The van der Waals surface area contributed by atoms with Crippen LogP contribution in [0.15, 0.2) is 34.8 Å². The zero-order chi connectivity index (χ0) is 13.8. The van der Waals surface area contributed by atoms with Crippen LogP contribution in [-0.2, 0) is 4.79 Å². The van der Waals surface area contributed by atoms with Crippen molar-refractivity contribution >= 4 is 17.4 Å². The second-order valence-electron chi connectivity index (χ2n) is 3.85. The molecule has 0 fully saturated rings. The quantitative estimate of drug-likeness (QED) is 0.769. The van der Waals surface area contributed by atoms with E-state index >= 15 is 0 Å². The van der Waals surface area contributed by atoms with E-state index in [0.717, 1.165) is 5.56 Å². The number of amidine groups is 1. The number of carbonyl (C=O) groups excluding carboxylic acids is 1. The van der Waals surface area contributed by atoms with Crippen molar-refractivity contribution in [2.24, 2.45) is 4.99 Å². The summed E-state index contributed by atoms with van der Waals surface area (Å²) in [5, 5.41) is 20.6. The van der Waals surface area contributed by atoms with E-state index in [1.54, 1.807) is 25.1 Å². The molecule has 0 unspecified atom stereocenters. The Balaban J connectivity index is 2.57. The fourth-order valence-electron chi connectivity index (χ4n) is 1.77. The predicted octanol–water partition coefficient (Wildman–Crippen LogP) is 1.73. The number of nitrogens with zero attached hydrogens (tertiary/aromatic N) is 3. The summed E-state index contributed by atoms with van der Waals surface area (Å²) in [6, 6.07) is 10.8. The lowest BCUT2D eigenvalue weighted by atomic mass is 10.0. The van der Waals surface area contributed by atoms with E-state index in [2.05, 4.69) is 10.3 Å². The summed E-state index contributed by atoms with van der Waals surface area (Å²) in [6.45, 7) is 1.74. The molecule has 1 amide bonds. The van der Waals surface area contributed by atoms with Gasteiger partial charge in [0.1, 0.15) is 23.7 Å². The predicted molar refractivity (Wildman–Crippen MR) is 69.6 cm³/mol. The van der Waals surface area contributed by atoms with Crippen LogP contribution in [0.4, 0.5) is 0 Å². The Bertz CT molecular complexity index is 670. The number of hydrogen-bond acceptors (Lipinski definition) is 4. The third-order valence-electron chi connectivity index (χ3n) is 2.70. The van der Waals surface area contributed by atoms with Gasteiger partial charge in [0.2, 0.25) is 5.91 Å². The number of fused-ring (bicyclic) bond motifs is 1. The first-order valence-electron chi connectivity index (χ1n) is 5.74. The highest BCUT2D eigenvalue weighted by Crippen LogP contribution is 2.30. The van der Waals surface area contributed by atoms with Crippen molar-refractivity contribution in [3.63, 3.8) is 0 Å². The molecule has 19 heavy (non-hydrogen) atoms. The molecule has 1 aromatic rings. The van der Waals surface area contributed by atoms with Crippen LogP contribution >= 0.6 is 0 Å². The number of rotatable bonds is 1. The number of benzene rings is 1. The number of allylic oxidation sites excluding steroid dienone is 1. The fraction of sp³-hybridized carbons (Fsp3) is 0.143. The third kappa shape index (κ3) is 2.22. The Morgan fingerprint density at radius 3 is 2.47 bits per heavy atom. The number of aliphatic imine (C=N–C) groups is 1. The fourth-order valence-corrected chi connectivity index (χ4v) is 1.77. The summed E-state index contributed by atoms with van der Waals surface area (Å²) in [5.41, 5.74) is 1.66. The first-order chi connectivity index (χ1) is 9.21. The van der Waals surface area contributed by atoms with Gasteiger partial charge in [-0.05, 0) is 0 Å². The van der Waals surface area contributed by atoms with E-state index in [1.165, 1.54) is 0 Å². The van der Waals surface area contributed by atoms with Crippen molar-refractivity contribution in [1.82, 2.24) is 5.32 Å². The standard InChI is InChI=1S/C14H10N4O/c1-2-12(19)17-14-11-6-4-3-5-10(11)13(18-14)9(7-15)8-16/h3-6H,2H2,1H3,(H,17,18,19). The van der Waals surface area contributed by atoms with Gasteiger partial charge in [-0.25, -0.2) is 4.99 Å². The SMILES string of the molecule is CCC(=O)NC1=NC(=C(C#N)C#N)c2ccccc21. The molecule has 0 aromatic heterocycles. The highest BCUT2D eigenvalue weighted by molar-refractivity contribution is 6.16. The zero-order valence-electron chi connectivity index (χ0n) is 10.3. The highest BCUT2D eigenvalue weighted by Gasteiger charge is 2.23. The molecule has 1 N–H and O–H groups in total. The largest absolute Gasteiger partial charge is 0.310 e. The normalized spacial score (nSPS) is 11.9. The summed E-state index contributed by atoms with van der Waals surface area (Å²) < 4.78 is 0. The highest BCUT2D eigenvalue weighted by atomic mass is 16.1. The average Bonchev–Trinajstić information content (AvgIpc) is 2.80. The monoisotopic (exact) mass is 250 g/mol. The Morgan fingerprint density at radius 1 is 1.26 bits per heavy atom. The van der Waals surface area contributed by atoms with Crippen LogP contribution in [0.3, 0.4) is 0 Å². The number of nitrogens with one attached hydrogen (secondary N) is 1. The van der Waals surface area contributed by atoms with Crippen LogP contribution in [0, 0.1) is 22.7 Å². The molecule has 1 heterocycles. The van der Waals surface area contributed by atoms with Crippen LogP contribution in [0.5, 0.6) is 0 Å². The average molecular weight is 250 g/mol. The Kier molecular flexibility index (Phi) is 3.40. The lowest BCUT2D eigenvalue weighted by Gasteiger charge is -2.03. The topological polar surface area (TPSA) is 89.0 Å². The van der Waals surface area contributed by atoms with Crippen molar-refractivity contribution in [3.8, 4) is 12.1 Å². The summed E-state index contributed by atoms with van der Waals surface area (Å²) in [4.78, 5) is 15.7. The maximum absolute atomic E-state index is 11.5. The summed E-state index contributed by atoms with van der Waals surface area (Å²) in [5.74, 6) is 0.228. The molecule has 0 bridgehead atoms. The van der Waals surface area contributed by atoms with E-state index in [9.17, 15) is 4.79 Å². The third-order valence-corrected chi connectivity index (χ3v) is 2.70. The maximum Gasteiger partial charge on any atom is 0.225 e. The molecule has 5 heteroatoms. The van der Waals surface area contributed by atoms with Gasteiger partial charge in [-0.2, -0.15) is 10.5 Å². The van der Waals surface area contributed by atoms with Gasteiger partial charge in [0, 0.05) is 17.5 Å². The van der Waals surface area contributed by atoms with Gasteiger partial charge in [0.25, 0.3) is 0 Å². The van der Waals surface area contributed by atoms with Gasteiger partial charge in [0.05, 0.1) is 0 Å². The molecule has 0 aliphatic carbocycles. The minimum absolute atomic E-state index is 0.0619. The van der Waals surface area contributed by atoms with Crippen molar-refractivity contribution in [3.05, 3.63) is 41.0 Å². The van der Waals surface area contributed by atoms with E-state index < -0.39 is 0 Å². The molecule has 92 valence electrons. The molecule has 5 nitrogen and oxygen atoms in total. The Hall–Kier alpha value is -2.92. The van der Waals surface area contributed by atoms with Gasteiger partial charge < -0.3 is 5.32 Å². The van der Waals surface area contributed by atoms with Crippen molar-refractivity contribution in [1.29, 1.82) is 10.5 Å². The molecule has 0 spiro atoms. The van der Waals surface area contributed by atoms with Gasteiger partial charge in [-0.3, -0.25) is 4.79 Å². The molecule has 2 rings (SSSR count). The Morgan fingerprint density at radius 2 is 1.89 bits per heavy atom. The number of amides is 1. The second kappa shape index (κ2) is 5.16. The first kappa shape index (κ1) is 12.5. The summed E-state index contributed by atoms with van der Waals surface area (Å²) >= 11 is 0. The number of nitriles is 2. The lowest BCUT2D eigenvalue weighted by molar-refractivity contribution is -0.119. The molecule has 0 saturated carbocycles. The number of hydrogen-bond donors (Lipinski definition) is 1. The molecule has 1 aromatic carbocycles. The molecular weight excluding hydrogens is 240 g/mol. The summed E-state index contributed by atoms with van der Waals surface area (Å²) in [7, 11) is 0. The molecule has 1 aliphatic heterocycles. The second-order valence-corrected chi connectivity index (χ2v) is 3.85. The van der Waals surface area contributed by atoms with Gasteiger partial charge in [0.15, 0.2) is 5.57 Å². The first-order valence-corrected chi connectivity index (χ1v) is 5.74. The van der Waals surface area contributed by atoms with Gasteiger partial charge in [-0.1, -0.05) is 31.2 Å². The lowest BCUT2D eigenvalue weighted by Crippen LogP contribution is -2.29. The van der Waals surface area contributed by atoms with Gasteiger partial charge in [-0.15, -0.1) is 0 Å². The van der Waals surface area contributed by atoms with Crippen LogP contribution in [0.25, 0.3) is 5.70 Å². The van der Waals surface area contributed by atoms with Crippen molar-refractivity contribution < 1.29 is 4.79 Å². The van der Waals surface area contributed by atoms with Crippen LogP contribution in [0.1, 0.15) is 24.5 Å². The molecular formula is C14H10N4O. The maximum atomic E-state index is 11.5. The van der Waals surface area contributed by atoms with E-state index in [4.69, 9.17) is 10.5 Å². The molecule has 0 atom stereocenters. The number of carbonyl (C=O) groups is 1.